The topological polar surface area (TPSA) is 62.9 Å². The van der Waals surface area contributed by atoms with Crippen LogP contribution in [0.4, 0.5) is 10.1 Å². The molecule has 1 rings (SSSR count). The first-order chi connectivity index (χ1) is 10.2. The second-order valence-corrected chi connectivity index (χ2v) is 4.48. The summed E-state index contributed by atoms with van der Waals surface area (Å²) < 4.78 is 34.6. The molecule has 0 aliphatic rings. The van der Waals surface area contributed by atoms with Crippen LogP contribution in [0.15, 0.2) is 12.1 Å². The van der Waals surface area contributed by atoms with E-state index in [0.717, 1.165) is 6.42 Å². The molecule has 1 aromatic carbocycles. The third-order valence-electron chi connectivity index (χ3n) is 2.65. The minimum Gasteiger partial charge on any atom is -0.491 e. The molecule has 21 heavy (non-hydrogen) atoms. The lowest BCUT2D eigenvalue weighted by Gasteiger charge is -2.12. The summed E-state index contributed by atoms with van der Waals surface area (Å²) in [7, 11) is 1.63. The average molecular weight is 301 g/mol. The first-order valence-corrected chi connectivity index (χ1v) is 7.10. The summed E-state index contributed by atoms with van der Waals surface area (Å²) in [4.78, 5) is 0. The quantitative estimate of drug-likeness (QED) is 0.503. The molecule has 2 N–H and O–H groups in total. The SMILES string of the molecule is CCCOc1cc(OCCCOCCOC)c(N)cc1F. The molecule has 0 spiro atoms. The van der Waals surface area contributed by atoms with Gasteiger partial charge in [0, 0.05) is 32.3 Å². The van der Waals surface area contributed by atoms with Crippen LogP contribution in [0.3, 0.4) is 0 Å². The van der Waals surface area contributed by atoms with Gasteiger partial charge in [0.05, 0.1) is 32.1 Å². The molecule has 1 aromatic rings. The number of benzene rings is 1. The number of nitrogens with two attached hydrogens (primary N) is 1. The van der Waals surface area contributed by atoms with E-state index in [1.807, 2.05) is 6.92 Å². The molecule has 0 bridgehead atoms. The van der Waals surface area contributed by atoms with Crippen LogP contribution in [0.5, 0.6) is 11.5 Å². The van der Waals surface area contributed by atoms with Crippen LogP contribution in [0.2, 0.25) is 0 Å². The maximum absolute atomic E-state index is 13.6. The van der Waals surface area contributed by atoms with E-state index < -0.39 is 5.82 Å². The van der Waals surface area contributed by atoms with Gasteiger partial charge in [-0.1, -0.05) is 6.92 Å². The molecular formula is C15H24FNO4. The zero-order valence-corrected chi connectivity index (χ0v) is 12.7. The maximum atomic E-state index is 13.6. The Kier molecular flexibility index (Phi) is 8.54. The van der Waals surface area contributed by atoms with Crippen molar-refractivity contribution in [2.75, 3.05) is 45.9 Å². The van der Waals surface area contributed by atoms with Crippen LogP contribution in [0, 0.1) is 5.82 Å². The Labute approximate surface area is 125 Å². The monoisotopic (exact) mass is 301 g/mol. The molecule has 0 aliphatic heterocycles. The third-order valence-corrected chi connectivity index (χ3v) is 2.65. The number of rotatable bonds is 11. The number of ether oxygens (including phenoxy) is 4. The second-order valence-electron chi connectivity index (χ2n) is 4.48. The molecule has 0 saturated carbocycles. The summed E-state index contributed by atoms with van der Waals surface area (Å²) in [5.41, 5.74) is 5.99. The summed E-state index contributed by atoms with van der Waals surface area (Å²) in [5, 5.41) is 0. The van der Waals surface area contributed by atoms with E-state index in [4.69, 9.17) is 24.7 Å². The van der Waals surface area contributed by atoms with E-state index in [9.17, 15) is 4.39 Å². The predicted octanol–water partition coefficient (Wildman–Crippen LogP) is 2.63. The van der Waals surface area contributed by atoms with E-state index >= 15 is 0 Å². The maximum Gasteiger partial charge on any atom is 0.167 e. The van der Waals surface area contributed by atoms with Gasteiger partial charge in [0.15, 0.2) is 11.6 Å². The van der Waals surface area contributed by atoms with Gasteiger partial charge in [-0.2, -0.15) is 0 Å². The fourth-order valence-electron chi connectivity index (χ4n) is 1.59. The van der Waals surface area contributed by atoms with Crippen molar-refractivity contribution in [1.29, 1.82) is 0 Å². The van der Waals surface area contributed by atoms with E-state index in [-0.39, 0.29) is 11.4 Å². The van der Waals surface area contributed by atoms with Crippen molar-refractivity contribution in [3.05, 3.63) is 17.9 Å². The molecule has 0 unspecified atom stereocenters. The van der Waals surface area contributed by atoms with Gasteiger partial charge in [-0.05, 0) is 6.42 Å². The van der Waals surface area contributed by atoms with Crippen LogP contribution in [0.25, 0.3) is 0 Å². The number of nitrogen functional groups attached to an aromatic ring is 1. The van der Waals surface area contributed by atoms with Gasteiger partial charge < -0.3 is 24.7 Å². The number of halogens is 1. The van der Waals surface area contributed by atoms with Gasteiger partial charge in [-0.15, -0.1) is 0 Å². The lowest BCUT2D eigenvalue weighted by atomic mass is 10.2. The average Bonchev–Trinajstić information content (AvgIpc) is 2.47. The summed E-state index contributed by atoms with van der Waals surface area (Å²) in [6.07, 6.45) is 1.52. The highest BCUT2D eigenvalue weighted by atomic mass is 19.1. The minimum atomic E-state index is -0.476. The minimum absolute atomic E-state index is 0.164. The van der Waals surface area contributed by atoms with Crippen molar-refractivity contribution >= 4 is 5.69 Å². The second kappa shape index (κ2) is 10.2. The Morgan fingerprint density at radius 3 is 2.48 bits per heavy atom. The van der Waals surface area contributed by atoms with Gasteiger partial charge >= 0.3 is 0 Å². The van der Waals surface area contributed by atoms with Crippen molar-refractivity contribution < 1.29 is 23.3 Å². The van der Waals surface area contributed by atoms with Crippen molar-refractivity contribution in [1.82, 2.24) is 0 Å². The summed E-state index contributed by atoms with van der Waals surface area (Å²) >= 11 is 0. The first kappa shape index (κ1) is 17.5. The zero-order valence-electron chi connectivity index (χ0n) is 12.7. The largest absolute Gasteiger partial charge is 0.491 e. The molecule has 0 atom stereocenters. The summed E-state index contributed by atoms with van der Waals surface area (Å²) in [6, 6.07) is 2.71. The lowest BCUT2D eigenvalue weighted by molar-refractivity contribution is 0.0644. The number of hydrogen-bond acceptors (Lipinski definition) is 5. The van der Waals surface area contributed by atoms with Crippen molar-refractivity contribution in [2.45, 2.75) is 19.8 Å². The van der Waals surface area contributed by atoms with E-state index in [0.29, 0.717) is 45.2 Å². The Morgan fingerprint density at radius 2 is 1.76 bits per heavy atom. The molecule has 0 amide bonds. The van der Waals surface area contributed by atoms with Gasteiger partial charge in [0.25, 0.3) is 0 Å². The zero-order chi connectivity index (χ0) is 15.5. The van der Waals surface area contributed by atoms with Crippen molar-refractivity contribution in [2.24, 2.45) is 0 Å². The summed E-state index contributed by atoms with van der Waals surface area (Å²) in [6.45, 7) is 4.55. The molecule has 5 nitrogen and oxygen atoms in total. The number of hydrogen-bond donors (Lipinski definition) is 1. The van der Waals surface area contributed by atoms with Gasteiger partial charge in [-0.25, -0.2) is 4.39 Å². The number of methoxy groups -OCH3 is 1. The van der Waals surface area contributed by atoms with Crippen molar-refractivity contribution in [3.63, 3.8) is 0 Å². The van der Waals surface area contributed by atoms with Gasteiger partial charge in [0.2, 0.25) is 0 Å². The normalized spacial score (nSPS) is 10.6. The standard InChI is InChI=1S/C15H24FNO4/c1-3-5-20-14-11-15(13(17)10-12(14)16)21-7-4-6-19-9-8-18-2/h10-11H,3-9,17H2,1-2H3. The fraction of sp³-hybridized carbons (Fsp3) is 0.600. The fourth-order valence-corrected chi connectivity index (χ4v) is 1.59. The molecule has 0 heterocycles. The first-order valence-electron chi connectivity index (χ1n) is 7.10. The highest BCUT2D eigenvalue weighted by molar-refractivity contribution is 5.56. The van der Waals surface area contributed by atoms with Crippen LogP contribution < -0.4 is 15.2 Å². The van der Waals surface area contributed by atoms with Crippen LogP contribution in [-0.2, 0) is 9.47 Å². The molecule has 0 aromatic heterocycles. The lowest BCUT2D eigenvalue weighted by Crippen LogP contribution is -2.08. The smallest absolute Gasteiger partial charge is 0.167 e. The highest BCUT2D eigenvalue weighted by Crippen LogP contribution is 2.30. The van der Waals surface area contributed by atoms with E-state index in [1.54, 1.807) is 7.11 Å². The van der Waals surface area contributed by atoms with Crippen LogP contribution >= 0.6 is 0 Å². The van der Waals surface area contributed by atoms with Crippen molar-refractivity contribution in [3.8, 4) is 11.5 Å². The van der Waals surface area contributed by atoms with Crippen LogP contribution in [-0.4, -0.2) is 40.1 Å². The molecule has 0 radical (unpaired) electrons. The Morgan fingerprint density at radius 1 is 1.00 bits per heavy atom. The van der Waals surface area contributed by atoms with E-state index in [1.165, 1.54) is 12.1 Å². The molecule has 6 heteroatoms. The predicted molar refractivity (Wildman–Crippen MR) is 79.4 cm³/mol. The Hall–Kier alpha value is -1.53. The highest BCUT2D eigenvalue weighted by Gasteiger charge is 2.10. The molecule has 0 saturated heterocycles. The Bertz CT molecular complexity index is 415. The molecule has 120 valence electrons. The van der Waals surface area contributed by atoms with Gasteiger partial charge in [0.1, 0.15) is 5.75 Å². The summed E-state index contributed by atoms with van der Waals surface area (Å²) in [5.74, 6) is 0.119. The molecule has 0 fully saturated rings. The van der Waals surface area contributed by atoms with E-state index in [2.05, 4.69) is 0 Å². The molecular weight excluding hydrogens is 277 g/mol. The number of anilines is 1. The van der Waals surface area contributed by atoms with Gasteiger partial charge in [-0.3, -0.25) is 0 Å². The molecule has 0 aliphatic carbocycles. The Balaban J connectivity index is 2.39. The third kappa shape index (κ3) is 6.64. The van der Waals surface area contributed by atoms with Crippen LogP contribution in [0.1, 0.15) is 19.8 Å².